The Kier molecular flexibility index (Phi) is 12.4. The summed E-state index contributed by atoms with van der Waals surface area (Å²) >= 11 is 3.28. The smallest absolute Gasteiger partial charge is 0.747 e. The SMILES string of the molecule is Br[c-]1[cH-][cH-][cH-][cH-]1.[Cu+].[Fe].c1cc[cH-]c1. The number of halogens is 1. The fraction of sp³-hybridized carbons (Fsp3) is 0. The summed E-state index contributed by atoms with van der Waals surface area (Å²) in [6.45, 7) is 0. The van der Waals surface area contributed by atoms with E-state index >= 15 is 0 Å². The predicted molar refractivity (Wildman–Crippen MR) is 51.8 cm³/mol. The van der Waals surface area contributed by atoms with Gasteiger partial charge in [0.25, 0.3) is 0 Å². The summed E-state index contributed by atoms with van der Waals surface area (Å²) in [4.78, 5) is 0. The van der Waals surface area contributed by atoms with E-state index in [9.17, 15) is 0 Å². The third-order valence-electron chi connectivity index (χ3n) is 1.18. The van der Waals surface area contributed by atoms with Crippen molar-refractivity contribution < 1.29 is 34.1 Å². The second-order valence-electron chi connectivity index (χ2n) is 2.07. The molecule has 0 unspecified atom stereocenters. The standard InChI is InChI=1S/C5H4Br.C5H5.Cu.Fe/c6-5-3-1-2-4-5;1-2-4-5-3-1;;/h1-4H;1-5H;;/q-5;-1;+1;. The fourth-order valence-corrected chi connectivity index (χ4v) is 0.976. The summed E-state index contributed by atoms with van der Waals surface area (Å²) in [6.07, 6.45) is 0. The molecule has 0 fully saturated rings. The molecular weight excluding hydrogens is 319 g/mol. The first-order valence-electron chi connectivity index (χ1n) is 3.43. The molecule has 0 saturated carbocycles. The van der Waals surface area contributed by atoms with Gasteiger partial charge in [-0.25, -0.2) is 12.1 Å². The maximum atomic E-state index is 3.28. The Bertz CT molecular complexity index is 233. The molecule has 0 nitrogen and oxygen atoms in total. The minimum atomic E-state index is 0. The van der Waals surface area contributed by atoms with Crippen molar-refractivity contribution in [3.63, 3.8) is 0 Å². The van der Waals surface area contributed by atoms with Crippen molar-refractivity contribution in [2.75, 3.05) is 0 Å². The maximum absolute atomic E-state index is 3.28. The van der Waals surface area contributed by atoms with Crippen LogP contribution >= 0.6 is 15.9 Å². The molecule has 0 heterocycles. The maximum Gasteiger partial charge on any atom is 1.00 e. The van der Waals surface area contributed by atoms with Gasteiger partial charge in [0, 0.05) is 17.1 Å². The van der Waals surface area contributed by atoms with Crippen LogP contribution in [0, 0.1) is 0 Å². The second-order valence-corrected chi connectivity index (χ2v) is 2.98. The van der Waals surface area contributed by atoms with Crippen molar-refractivity contribution >= 4 is 15.9 Å². The van der Waals surface area contributed by atoms with Crippen LogP contribution in [0.5, 0.6) is 0 Å². The zero-order valence-corrected chi connectivity index (χ0v) is 10.4. The molecular formula is C10H9BrCuFe-5. The van der Waals surface area contributed by atoms with Crippen molar-refractivity contribution in [1.82, 2.24) is 0 Å². The molecule has 2 aromatic carbocycles. The van der Waals surface area contributed by atoms with Gasteiger partial charge in [-0.15, -0.1) is 0 Å². The summed E-state index contributed by atoms with van der Waals surface area (Å²) in [5.41, 5.74) is 0. The molecule has 0 amide bonds. The Labute approximate surface area is 109 Å². The van der Waals surface area contributed by atoms with Crippen LogP contribution < -0.4 is 0 Å². The van der Waals surface area contributed by atoms with Crippen LogP contribution in [0.2, 0.25) is 0 Å². The van der Waals surface area contributed by atoms with Crippen LogP contribution in [0.25, 0.3) is 0 Å². The van der Waals surface area contributed by atoms with Gasteiger partial charge in [0.05, 0.1) is 0 Å². The molecule has 0 bridgehead atoms. The van der Waals surface area contributed by atoms with E-state index in [2.05, 4.69) is 15.9 Å². The normalized spacial score (nSPS) is 7.15. The first-order chi connectivity index (χ1) is 5.39. The van der Waals surface area contributed by atoms with Gasteiger partial charge in [0.15, 0.2) is 0 Å². The molecule has 2 rings (SSSR count). The van der Waals surface area contributed by atoms with E-state index in [-0.39, 0.29) is 34.1 Å². The number of rotatable bonds is 0. The third-order valence-corrected chi connectivity index (χ3v) is 1.71. The van der Waals surface area contributed by atoms with E-state index < -0.39 is 0 Å². The van der Waals surface area contributed by atoms with Crippen LogP contribution in [-0.4, -0.2) is 0 Å². The molecule has 13 heavy (non-hydrogen) atoms. The molecule has 0 aliphatic rings. The molecule has 0 N–H and O–H groups in total. The molecule has 80 valence electrons. The van der Waals surface area contributed by atoms with Gasteiger partial charge in [0.2, 0.25) is 0 Å². The van der Waals surface area contributed by atoms with Crippen molar-refractivity contribution in [1.29, 1.82) is 0 Å². The predicted octanol–water partition coefficient (Wildman–Crippen LogP) is 3.57. The van der Waals surface area contributed by atoms with Crippen molar-refractivity contribution in [3.8, 4) is 0 Å². The van der Waals surface area contributed by atoms with Gasteiger partial charge in [-0.3, -0.25) is 0 Å². The largest absolute Gasteiger partial charge is 1.00 e. The molecule has 0 aromatic heterocycles. The Morgan fingerprint density at radius 3 is 1.62 bits per heavy atom. The molecule has 2 aromatic rings. The molecule has 0 aliphatic heterocycles. The molecule has 0 atom stereocenters. The Balaban J connectivity index is 0. The van der Waals surface area contributed by atoms with E-state index in [1.165, 1.54) is 0 Å². The molecule has 0 saturated heterocycles. The Hall–Kier alpha value is 0.219. The van der Waals surface area contributed by atoms with E-state index in [0.29, 0.717) is 0 Å². The van der Waals surface area contributed by atoms with Gasteiger partial charge in [-0.2, -0.15) is 18.2 Å². The van der Waals surface area contributed by atoms with Crippen LogP contribution in [0.1, 0.15) is 0 Å². The van der Waals surface area contributed by atoms with E-state index in [4.69, 9.17) is 0 Å². The topological polar surface area (TPSA) is 0 Å². The van der Waals surface area contributed by atoms with Gasteiger partial charge in [0.1, 0.15) is 0 Å². The van der Waals surface area contributed by atoms with E-state index in [1.54, 1.807) is 0 Å². The summed E-state index contributed by atoms with van der Waals surface area (Å²) in [7, 11) is 0. The minimum absolute atomic E-state index is 0. The fourth-order valence-electron chi connectivity index (χ4n) is 0.671. The van der Waals surface area contributed by atoms with Crippen LogP contribution in [0.15, 0.2) is 59.1 Å². The average molecular weight is 328 g/mol. The van der Waals surface area contributed by atoms with Gasteiger partial charge < -0.3 is 44.7 Å². The zero-order chi connectivity index (χ0) is 7.94. The van der Waals surface area contributed by atoms with Crippen molar-refractivity contribution in [2.24, 2.45) is 0 Å². The monoisotopic (exact) mass is 327 g/mol. The number of hydrogen-bond donors (Lipinski definition) is 0. The molecule has 3 heteroatoms. The van der Waals surface area contributed by atoms with Crippen molar-refractivity contribution in [2.45, 2.75) is 0 Å². The summed E-state index contributed by atoms with van der Waals surface area (Å²) in [6, 6.07) is 18.0. The van der Waals surface area contributed by atoms with Crippen LogP contribution in [-0.2, 0) is 34.1 Å². The zero-order valence-electron chi connectivity index (χ0n) is 6.73. The Morgan fingerprint density at radius 1 is 1.00 bits per heavy atom. The average Bonchev–Trinajstić information content (AvgIpc) is 2.57. The molecule has 0 aliphatic carbocycles. The molecule has 0 radical (unpaired) electrons. The first kappa shape index (κ1) is 15.7. The summed E-state index contributed by atoms with van der Waals surface area (Å²) in [5, 5.41) is 0. The first-order valence-corrected chi connectivity index (χ1v) is 4.23. The van der Waals surface area contributed by atoms with Gasteiger partial charge >= 0.3 is 17.1 Å². The third kappa shape index (κ3) is 8.55. The van der Waals surface area contributed by atoms with Gasteiger partial charge in [-0.05, 0) is 0 Å². The Morgan fingerprint density at radius 2 is 1.46 bits per heavy atom. The van der Waals surface area contributed by atoms with E-state index in [0.717, 1.165) is 4.47 Å². The second kappa shape index (κ2) is 10.3. The molecule has 0 spiro atoms. The minimum Gasteiger partial charge on any atom is -0.747 e. The van der Waals surface area contributed by atoms with Crippen molar-refractivity contribution in [3.05, 3.63) is 59.1 Å². The van der Waals surface area contributed by atoms with Gasteiger partial charge in [-0.1, -0.05) is 0 Å². The number of hydrogen-bond acceptors (Lipinski definition) is 0. The van der Waals surface area contributed by atoms with Crippen LogP contribution in [0.4, 0.5) is 0 Å². The van der Waals surface area contributed by atoms with E-state index in [1.807, 2.05) is 54.6 Å². The van der Waals surface area contributed by atoms with Crippen LogP contribution in [0.3, 0.4) is 0 Å². The summed E-state index contributed by atoms with van der Waals surface area (Å²) < 4.78 is 1.16. The summed E-state index contributed by atoms with van der Waals surface area (Å²) in [5.74, 6) is 0. The quantitative estimate of drug-likeness (QED) is 0.512.